The van der Waals surface area contributed by atoms with Crippen LogP contribution in [0.1, 0.15) is 37.0 Å². The summed E-state index contributed by atoms with van der Waals surface area (Å²) in [6, 6.07) is 23.6. The number of hydrogen-bond acceptors (Lipinski definition) is 3. The molecule has 0 saturated carbocycles. The SMILES string of the molecule is C=CCCOc1ccc(N=Cc2cccc(C(C)(C)c3ccccc3)c2O)cc1. The first-order chi connectivity index (χ1) is 14.0. The van der Waals surface area contributed by atoms with Crippen molar-refractivity contribution in [2.24, 2.45) is 4.99 Å². The Labute approximate surface area is 173 Å². The summed E-state index contributed by atoms with van der Waals surface area (Å²) in [7, 11) is 0. The topological polar surface area (TPSA) is 41.8 Å². The average Bonchev–Trinajstić information content (AvgIpc) is 2.74. The number of phenols is 1. The van der Waals surface area contributed by atoms with E-state index in [1.165, 1.54) is 0 Å². The molecule has 3 heteroatoms. The van der Waals surface area contributed by atoms with Crippen molar-refractivity contribution in [2.45, 2.75) is 25.7 Å². The monoisotopic (exact) mass is 385 g/mol. The average molecular weight is 386 g/mol. The maximum atomic E-state index is 10.9. The normalized spacial score (nSPS) is 11.5. The highest BCUT2D eigenvalue weighted by atomic mass is 16.5. The minimum atomic E-state index is -0.320. The van der Waals surface area contributed by atoms with Crippen molar-refractivity contribution in [3.63, 3.8) is 0 Å². The van der Waals surface area contributed by atoms with Gasteiger partial charge in [-0.2, -0.15) is 0 Å². The molecular formula is C26H27NO2. The lowest BCUT2D eigenvalue weighted by molar-refractivity contribution is 0.325. The predicted octanol–water partition coefficient (Wildman–Crippen LogP) is 6.42. The van der Waals surface area contributed by atoms with Gasteiger partial charge in [0.05, 0.1) is 12.3 Å². The van der Waals surface area contributed by atoms with Crippen LogP contribution in [0.4, 0.5) is 5.69 Å². The quantitative estimate of drug-likeness (QED) is 0.276. The minimum Gasteiger partial charge on any atom is -0.507 e. The van der Waals surface area contributed by atoms with E-state index in [-0.39, 0.29) is 11.2 Å². The van der Waals surface area contributed by atoms with Gasteiger partial charge in [0.2, 0.25) is 0 Å². The van der Waals surface area contributed by atoms with Crippen molar-refractivity contribution in [2.75, 3.05) is 6.61 Å². The van der Waals surface area contributed by atoms with Gasteiger partial charge in [-0.05, 0) is 42.3 Å². The van der Waals surface area contributed by atoms with Crippen LogP contribution in [0, 0.1) is 0 Å². The molecule has 0 saturated heterocycles. The Morgan fingerprint density at radius 3 is 2.38 bits per heavy atom. The Kier molecular flexibility index (Phi) is 6.50. The lowest BCUT2D eigenvalue weighted by Gasteiger charge is -2.27. The first-order valence-electron chi connectivity index (χ1n) is 9.78. The summed E-state index contributed by atoms with van der Waals surface area (Å²) in [5.74, 6) is 1.06. The van der Waals surface area contributed by atoms with Crippen molar-refractivity contribution in [3.8, 4) is 11.5 Å². The van der Waals surface area contributed by atoms with E-state index in [0.717, 1.165) is 29.0 Å². The highest BCUT2D eigenvalue weighted by molar-refractivity contribution is 5.86. The molecule has 1 N–H and O–H groups in total. The number of benzene rings is 3. The zero-order valence-corrected chi connectivity index (χ0v) is 17.0. The summed E-state index contributed by atoms with van der Waals surface area (Å²) in [6.45, 7) is 8.53. The van der Waals surface area contributed by atoms with Crippen LogP contribution in [0.5, 0.6) is 11.5 Å². The van der Waals surface area contributed by atoms with Crippen molar-refractivity contribution in [3.05, 3.63) is 102 Å². The fourth-order valence-corrected chi connectivity index (χ4v) is 3.21. The first-order valence-corrected chi connectivity index (χ1v) is 9.78. The van der Waals surface area contributed by atoms with Gasteiger partial charge in [-0.15, -0.1) is 6.58 Å². The molecule has 0 aliphatic rings. The van der Waals surface area contributed by atoms with Crippen molar-refractivity contribution >= 4 is 11.9 Å². The number of aliphatic imine (C=N–C) groups is 1. The lowest BCUT2D eigenvalue weighted by Crippen LogP contribution is -2.19. The molecule has 0 aliphatic carbocycles. The predicted molar refractivity (Wildman–Crippen MR) is 121 cm³/mol. The number of rotatable bonds is 8. The Morgan fingerprint density at radius 2 is 1.69 bits per heavy atom. The highest BCUT2D eigenvalue weighted by Crippen LogP contribution is 2.38. The maximum absolute atomic E-state index is 10.9. The molecular weight excluding hydrogens is 358 g/mol. The van der Waals surface area contributed by atoms with E-state index in [9.17, 15) is 5.11 Å². The molecule has 3 nitrogen and oxygen atoms in total. The van der Waals surface area contributed by atoms with Crippen LogP contribution >= 0.6 is 0 Å². The van der Waals surface area contributed by atoms with E-state index >= 15 is 0 Å². The van der Waals surface area contributed by atoms with Crippen LogP contribution in [0.2, 0.25) is 0 Å². The second-order valence-corrected chi connectivity index (χ2v) is 7.41. The zero-order chi connectivity index (χ0) is 20.7. The zero-order valence-electron chi connectivity index (χ0n) is 17.0. The maximum Gasteiger partial charge on any atom is 0.128 e. The molecule has 0 aliphatic heterocycles. The summed E-state index contributed by atoms with van der Waals surface area (Å²) < 4.78 is 5.62. The van der Waals surface area contributed by atoms with E-state index < -0.39 is 0 Å². The number of ether oxygens (including phenoxy) is 1. The second-order valence-electron chi connectivity index (χ2n) is 7.41. The molecule has 0 spiro atoms. The van der Waals surface area contributed by atoms with Gasteiger partial charge in [-0.1, -0.05) is 62.4 Å². The molecule has 0 heterocycles. The summed E-state index contributed by atoms with van der Waals surface area (Å²) in [5, 5.41) is 10.9. The van der Waals surface area contributed by atoms with Crippen molar-refractivity contribution < 1.29 is 9.84 Å². The van der Waals surface area contributed by atoms with Crippen molar-refractivity contribution in [1.82, 2.24) is 0 Å². The Hall–Kier alpha value is -3.33. The van der Waals surface area contributed by atoms with Gasteiger partial charge in [0.1, 0.15) is 11.5 Å². The molecule has 3 aromatic rings. The van der Waals surface area contributed by atoms with Gasteiger partial charge in [-0.3, -0.25) is 4.99 Å². The van der Waals surface area contributed by atoms with Gasteiger partial charge in [0.15, 0.2) is 0 Å². The third-order valence-electron chi connectivity index (χ3n) is 5.02. The molecule has 0 fully saturated rings. The first kappa shape index (κ1) is 20.4. The molecule has 0 unspecified atom stereocenters. The fraction of sp³-hybridized carbons (Fsp3) is 0.192. The van der Waals surface area contributed by atoms with Crippen molar-refractivity contribution in [1.29, 1.82) is 0 Å². The van der Waals surface area contributed by atoms with E-state index in [4.69, 9.17) is 4.74 Å². The summed E-state index contributed by atoms with van der Waals surface area (Å²) in [4.78, 5) is 4.51. The van der Waals surface area contributed by atoms with Gasteiger partial charge in [0, 0.05) is 22.8 Å². The van der Waals surface area contributed by atoms with Crippen LogP contribution in [-0.4, -0.2) is 17.9 Å². The Morgan fingerprint density at radius 1 is 0.966 bits per heavy atom. The smallest absolute Gasteiger partial charge is 0.128 e. The van der Waals surface area contributed by atoms with Crippen LogP contribution in [0.15, 0.2) is 90.4 Å². The van der Waals surface area contributed by atoms with Gasteiger partial charge < -0.3 is 9.84 Å². The summed E-state index contributed by atoms with van der Waals surface area (Å²) in [5.41, 5.74) is 3.20. The fourth-order valence-electron chi connectivity index (χ4n) is 3.21. The van der Waals surface area contributed by atoms with Gasteiger partial charge in [0.25, 0.3) is 0 Å². The molecule has 3 aromatic carbocycles. The number of hydrogen-bond donors (Lipinski definition) is 1. The largest absolute Gasteiger partial charge is 0.507 e. The van der Waals surface area contributed by atoms with E-state index in [1.807, 2.05) is 66.7 Å². The number of aromatic hydroxyl groups is 1. The third kappa shape index (κ3) is 4.94. The molecule has 29 heavy (non-hydrogen) atoms. The van der Waals surface area contributed by atoms with Crippen LogP contribution < -0.4 is 4.74 Å². The minimum absolute atomic E-state index is 0.259. The van der Waals surface area contributed by atoms with Gasteiger partial charge in [-0.25, -0.2) is 0 Å². The molecule has 0 bridgehead atoms. The highest BCUT2D eigenvalue weighted by Gasteiger charge is 2.26. The molecule has 148 valence electrons. The van der Waals surface area contributed by atoms with Crippen LogP contribution in [0.25, 0.3) is 0 Å². The van der Waals surface area contributed by atoms with Crippen LogP contribution in [-0.2, 0) is 5.41 Å². The molecule has 0 amide bonds. The Bertz CT molecular complexity index is 973. The summed E-state index contributed by atoms with van der Waals surface area (Å²) >= 11 is 0. The third-order valence-corrected chi connectivity index (χ3v) is 5.02. The van der Waals surface area contributed by atoms with E-state index in [0.29, 0.717) is 12.2 Å². The van der Waals surface area contributed by atoms with E-state index in [1.54, 1.807) is 6.21 Å². The number of nitrogens with zero attached hydrogens (tertiary/aromatic N) is 1. The lowest BCUT2D eigenvalue weighted by atomic mass is 9.77. The summed E-state index contributed by atoms with van der Waals surface area (Å²) in [6.07, 6.45) is 4.35. The van der Waals surface area contributed by atoms with Crippen LogP contribution in [0.3, 0.4) is 0 Å². The molecule has 0 radical (unpaired) electrons. The molecule has 3 rings (SSSR count). The number of para-hydroxylation sites is 1. The molecule has 0 atom stereocenters. The standard InChI is InChI=1S/C26H27NO2/c1-4-5-18-29-23-16-14-22(15-17-23)27-19-20-10-9-13-24(25(20)28)26(2,3)21-11-7-6-8-12-21/h4,6-17,19,28H,1,5,18H2,2-3H3. The number of phenolic OH excluding ortho intramolecular Hbond substituents is 1. The Balaban J connectivity index is 1.80. The van der Waals surface area contributed by atoms with E-state index in [2.05, 4.69) is 37.6 Å². The van der Waals surface area contributed by atoms with Gasteiger partial charge >= 0.3 is 0 Å². The molecule has 0 aromatic heterocycles. The second kappa shape index (κ2) is 9.24.